The molecule has 1 radical (unpaired) electrons. The summed E-state index contributed by atoms with van der Waals surface area (Å²) in [5.74, 6) is 0. The topological polar surface area (TPSA) is 0 Å². The maximum absolute atomic E-state index is 2.30. The summed E-state index contributed by atoms with van der Waals surface area (Å²) >= 11 is 0. The van der Waals surface area contributed by atoms with E-state index < -0.39 is 0 Å². The summed E-state index contributed by atoms with van der Waals surface area (Å²) in [7, 11) is 0. The second kappa shape index (κ2) is 8.08. The third-order valence-corrected chi connectivity index (χ3v) is 3.43. The molecule has 0 fully saturated rings. The first-order chi connectivity index (χ1) is 8.25. The van der Waals surface area contributed by atoms with E-state index in [9.17, 15) is 0 Å². The van der Waals surface area contributed by atoms with E-state index in [4.69, 9.17) is 0 Å². The van der Waals surface area contributed by atoms with Crippen molar-refractivity contribution in [1.82, 2.24) is 0 Å². The van der Waals surface area contributed by atoms with Crippen molar-refractivity contribution in [3.63, 3.8) is 0 Å². The molecule has 0 heterocycles. The molecule has 0 saturated heterocycles. The van der Waals surface area contributed by atoms with Gasteiger partial charge in [-0.05, 0) is 6.92 Å². The van der Waals surface area contributed by atoms with Crippen LogP contribution in [0.1, 0.15) is 11.1 Å². The van der Waals surface area contributed by atoms with E-state index >= 15 is 0 Å². The molecule has 0 aliphatic heterocycles. The Morgan fingerprint density at radius 2 is 1.40 bits per heavy atom. The Hall–Kier alpha value is -0.487. The number of hydrogen-bond acceptors (Lipinski definition) is 0. The van der Waals surface area contributed by atoms with Crippen LogP contribution in [0.3, 0.4) is 0 Å². The van der Waals surface area contributed by atoms with Crippen molar-refractivity contribution < 1.29 is 51.0 Å². The van der Waals surface area contributed by atoms with E-state index in [2.05, 4.69) is 68.4 Å². The molecule has 0 aliphatic carbocycles. The van der Waals surface area contributed by atoms with Crippen molar-refractivity contribution in [2.45, 2.75) is 13.8 Å². The smallest absolute Gasteiger partial charge is 1.00 e. The number of halogens is 2. The van der Waals surface area contributed by atoms with Gasteiger partial charge in [0.15, 0.2) is 0 Å². The molecule has 0 bridgehead atoms. The van der Waals surface area contributed by atoms with Gasteiger partial charge in [-0.2, -0.15) is 0 Å². The Balaban J connectivity index is 0.00000120. The second-order valence-electron chi connectivity index (χ2n) is 4.64. The van der Waals surface area contributed by atoms with E-state index in [0.29, 0.717) is 0 Å². The SMILES string of the molecule is Cc1ccc(C)c2[cH-]c(-c3ccccc3)cc12.[Cl-].[Cl-].[Zr+3]. The fourth-order valence-corrected chi connectivity index (χ4v) is 2.39. The molecule has 101 valence electrons. The van der Waals surface area contributed by atoms with Gasteiger partial charge in [0.1, 0.15) is 0 Å². The van der Waals surface area contributed by atoms with E-state index in [1.165, 1.54) is 33.0 Å². The van der Waals surface area contributed by atoms with E-state index in [1.54, 1.807) is 0 Å². The maximum Gasteiger partial charge on any atom is 3.00 e. The fourth-order valence-electron chi connectivity index (χ4n) is 2.39. The van der Waals surface area contributed by atoms with Crippen molar-refractivity contribution in [2.24, 2.45) is 0 Å². The van der Waals surface area contributed by atoms with Gasteiger partial charge in [-0.1, -0.05) is 60.5 Å². The number of benzene rings is 2. The zero-order valence-corrected chi connectivity index (χ0v) is 15.4. The Morgan fingerprint density at radius 3 is 2.00 bits per heavy atom. The number of rotatable bonds is 1. The molecule has 20 heavy (non-hydrogen) atoms. The largest absolute Gasteiger partial charge is 3.00 e. The van der Waals surface area contributed by atoms with Gasteiger partial charge in [0.2, 0.25) is 0 Å². The van der Waals surface area contributed by atoms with E-state index in [1.807, 2.05) is 0 Å². The van der Waals surface area contributed by atoms with Crippen LogP contribution in [0.15, 0.2) is 54.6 Å². The molecule has 3 rings (SSSR count). The second-order valence-corrected chi connectivity index (χ2v) is 4.64. The normalized spacial score (nSPS) is 9.30. The molecule has 0 unspecified atom stereocenters. The minimum absolute atomic E-state index is 0. The van der Waals surface area contributed by atoms with Gasteiger partial charge >= 0.3 is 26.2 Å². The Labute approximate surface area is 151 Å². The standard InChI is InChI=1S/C17H15.2ClH.Zr/c1-12-8-9-13(2)17-11-15(10-16(12)17)14-6-4-3-5-7-14;;;/h3-11H,1-2H3;2*1H;/q-1;;;+3/p-2. The summed E-state index contributed by atoms with van der Waals surface area (Å²) in [5, 5.41) is 2.76. The van der Waals surface area contributed by atoms with Gasteiger partial charge in [0, 0.05) is 0 Å². The van der Waals surface area contributed by atoms with Crippen LogP contribution < -0.4 is 24.8 Å². The van der Waals surface area contributed by atoms with Crippen LogP contribution in [0.5, 0.6) is 0 Å². The van der Waals surface area contributed by atoms with Crippen LogP contribution in [0.25, 0.3) is 21.9 Å². The Bertz CT molecular complexity index is 633. The molecule has 0 aliphatic rings. The van der Waals surface area contributed by atoms with Crippen molar-refractivity contribution in [2.75, 3.05) is 0 Å². The minimum atomic E-state index is 0. The van der Waals surface area contributed by atoms with Gasteiger partial charge in [-0.3, -0.25) is 0 Å². The molecule has 3 heteroatoms. The molecule has 0 N–H and O–H groups in total. The molecule has 0 spiro atoms. The quantitative estimate of drug-likeness (QED) is 0.467. The number of aryl methyl sites for hydroxylation is 2. The Morgan fingerprint density at radius 1 is 0.800 bits per heavy atom. The molecule has 0 amide bonds. The Kier molecular flexibility index (Phi) is 7.88. The van der Waals surface area contributed by atoms with Crippen LogP contribution in [-0.2, 0) is 26.2 Å². The van der Waals surface area contributed by atoms with Gasteiger partial charge in [0.25, 0.3) is 0 Å². The third-order valence-electron chi connectivity index (χ3n) is 3.43. The predicted octanol–water partition coefficient (Wildman–Crippen LogP) is -1.15. The number of hydrogen-bond donors (Lipinski definition) is 0. The van der Waals surface area contributed by atoms with Crippen LogP contribution in [0.2, 0.25) is 0 Å². The predicted molar refractivity (Wildman–Crippen MR) is 74.5 cm³/mol. The minimum Gasteiger partial charge on any atom is -1.00 e. The summed E-state index contributed by atoms with van der Waals surface area (Å²) in [6.45, 7) is 4.35. The van der Waals surface area contributed by atoms with Crippen molar-refractivity contribution in [1.29, 1.82) is 0 Å². The monoisotopic (exact) mass is 379 g/mol. The molecule has 3 aromatic carbocycles. The fraction of sp³-hybridized carbons (Fsp3) is 0.118. The zero-order chi connectivity index (χ0) is 11.8. The van der Waals surface area contributed by atoms with Crippen molar-refractivity contribution in [3.8, 4) is 11.1 Å². The molecule has 0 atom stereocenters. The number of fused-ring (bicyclic) bond motifs is 1. The summed E-state index contributed by atoms with van der Waals surface area (Å²) in [6.07, 6.45) is 0. The van der Waals surface area contributed by atoms with Gasteiger partial charge < -0.3 is 24.8 Å². The molecule has 0 saturated carbocycles. The molecular weight excluding hydrogens is 366 g/mol. The first kappa shape index (κ1) is 19.5. The molecule has 3 aromatic rings. The first-order valence-corrected chi connectivity index (χ1v) is 5.98. The maximum atomic E-state index is 2.30. The summed E-state index contributed by atoms with van der Waals surface area (Å²) < 4.78 is 0. The molecule has 0 aromatic heterocycles. The van der Waals surface area contributed by atoms with Crippen molar-refractivity contribution in [3.05, 3.63) is 65.7 Å². The van der Waals surface area contributed by atoms with E-state index in [-0.39, 0.29) is 51.0 Å². The van der Waals surface area contributed by atoms with E-state index in [0.717, 1.165) is 0 Å². The van der Waals surface area contributed by atoms with Gasteiger partial charge in [-0.15, -0.1) is 34.0 Å². The third kappa shape index (κ3) is 3.58. The molecular formula is C17H15Cl2Zr. The zero-order valence-electron chi connectivity index (χ0n) is 11.5. The average Bonchev–Trinajstić information content (AvgIpc) is 2.81. The van der Waals surface area contributed by atoms with Crippen LogP contribution in [0.4, 0.5) is 0 Å². The summed E-state index contributed by atoms with van der Waals surface area (Å²) in [4.78, 5) is 0. The average molecular weight is 381 g/mol. The summed E-state index contributed by atoms with van der Waals surface area (Å²) in [6, 6.07) is 19.6. The van der Waals surface area contributed by atoms with Gasteiger partial charge in [-0.25, -0.2) is 0 Å². The molecule has 0 nitrogen and oxygen atoms in total. The van der Waals surface area contributed by atoms with Crippen LogP contribution in [-0.4, -0.2) is 0 Å². The van der Waals surface area contributed by atoms with Crippen LogP contribution >= 0.6 is 0 Å². The van der Waals surface area contributed by atoms with Gasteiger partial charge in [0.05, 0.1) is 0 Å². The first-order valence-electron chi connectivity index (χ1n) is 5.98. The van der Waals surface area contributed by atoms with Crippen LogP contribution in [0, 0.1) is 13.8 Å². The summed E-state index contributed by atoms with van der Waals surface area (Å²) in [5.41, 5.74) is 5.32. The van der Waals surface area contributed by atoms with Crippen molar-refractivity contribution >= 4 is 10.8 Å².